The van der Waals surface area contributed by atoms with Crippen molar-refractivity contribution in [2.75, 3.05) is 38.5 Å². The van der Waals surface area contributed by atoms with E-state index in [-0.39, 0.29) is 35.8 Å². The molecule has 1 amide bonds. The minimum absolute atomic E-state index is 0. The van der Waals surface area contributed by atoms with Gasteiger partial charge < -0.3 is 16.0 Å². The second-order valence-electron chi connectivity index (χ2n) is 7.16. The van der Waals surface area contributed by atoms with Crippen molar-refractivity contribution in [2.24, 2.45) is 4.99 Å². The standard InChI is InChI=1S/C22H31N5OS.HI/c1-4-27(5-2)20(16-10-11-29-15-16)14-25-22(23-3)24-13-17-12-21(28)26-19-9-7-6-8-18(17)19;/h6-11,15,17,20H,4-5,12-14H2,1-3H3,(H,26,28)(H2,23,24,25);1H. The van der Waals surface area contributed by atoms with Gasteiger partial charge in [-0.15, -0.1) is 24.0 Å². The van der Waals surface area contributed by atoms with Crippen molar-refractivity contribution in [2.45, 2.75) is 32.2 Å². The van der Waals surface area contributed by atoms with Crippen LogP contribution in [-0.2, 0) is 4.79 Å². The van der Waals surface area contributed by atoms with Gasteiger partial charge in [0.1, 0.15) is 0 Å². The lowest BCUT2D eigenvalue weighted by Gasteiger charge is -2.30. The van der Waals surface area contributed by atoms with E-state index in [1.54, 1.807) is 18.4 Å². The number of fused-ring (bicyclic) bond motifs is 1. The first-order valence-corrected chi connectivity index (χ1v) is 11.2. The van der Waals surface area contributed by atoms with E-state index in [0.717, 1.165) is 31.3 Å². The summed E-state index contributed by atoms with van der Waals surface area (Å²) < 4.78 is 0. The van der Waals surface area contributed by atoms with Gasteiger partial charge in [-0.2, -0.15) is 11.3 Å². The largest absolute Gasteiger partial charge is 0.356 e. The smallest absolute Gasteiger partial charge is 0.225 e. The van der Waals surface area contributed by atoms with Gasteiger partial charge in [-0.3, -0.25) is 14.7 Å². The molecule has 1 aliphatic heterocycles. The molecular weight excluding hydrogens is 509 g/mol. The molecule has 8 heteroatoms. The van der Waals surface area contributed by atoms with Gasteiger partial charge in [0.2, 0.25) is 5.91 Å². The van der Waals surface area contributed by atoms with Gasteiger partial charge in [-0.1, -0.05) is 32.0 Å². The third-order valence-corrected chi connectivity index (χ3v) is 6.19. The van der Waals surface area contributed by atoms with Crippen LogP contribution in [0.25, 0.3) is 0 Å². The molecule has 164 valence electrons. The van der Waals surface area contributed by atoms with Crippen LogP contribution in [0.15, 0.2) is 46.1 Å². The third-order valence-electron chi connectivity index (χ3n) is 5.49. The first-order chi connectivity index (χ1) is 14.2. The molecule has 0 saturated heterocycles. The molecule has 3 N–H and O–H groups in total. The predicted octanol–water partition coefficient (Wildman–Crippen LogP) is 4.04. The predicted molar refractivity (Wildman–Crippen MR) is 137 cm³/mol. The maximum Gasteiger partial charge on any atom is 0.225 e. The van der Waals surface area contributed by atoms with E-state index < -0.39 is 0 Å². The fraction of sp³-hybridized carbons (Fsp3) is 0.455. The molecule has 2 unspecified atom stereocenters. The number of nitrogens with zero attached hydrogens (tertiary/aromatic N) is 2. The van der Waals surface area contributed by atoms with Crippen LogP contribution in [0.3, 0.4) is 0 Å². The SMILES string of the molecule is CCN(CC)C(CNC(=NC)NCC1CC(=O)Nc2ccccc21)c1ccsc1.I. The van der Waals surface area contributed by atoms with Crippen molar-refractivity contribution < 1.29 is 4.79 Å². The van der Waals surface area contributed by atoms with Gasteiger partial charge in [-0.05, 0) is 47.1 Å². The van der Waals surface area contributed by atoms with E-state index in [4.69, 9.17) is 0 Å². The first-order valence-electron chi connectivity index (χ1n) is 10.3. The molecule has 2 aromatic rings. The zero-order valence-corrected chi connectivity index (χ0v) is 21.0. The number of carbonyl (C=O) groups is 1. The van der Waals surface area contributed by atoms with Crippen molar-refractivity contribution in [3.05, 3.63) is 52.2 Å². The number of amides is 1. The van der Waals surface area contributed by atoms with Crippen LogP contribution in [0.1, 0.15) is 43.4 Å². The molecule has 0 saturated carbocycles. The molecule has 2 heterocycles. The number of thiophene rings is 1. The van der Waals surface area contributed by atoms with Gasteiger partial charge in [0.25, 0.3) is 0 Å². The molecule has 0 spiro atoms. The number of hydrogen-bond acceptors (Lipinski definition) is 4. The summed E-state index contributed by atoms with van der Waals surface area (Å²) in [7, 11) is 1.79. The number of benzene rings is 1. The highest BCUT2D eigenvalue weighted by Gasteiger charge is 2.25. The van der Waals surface area contributed by atoms with Crippen LogP contribution in [0, 0.1) is 0 Å². The zero-order valence-electron chi connectivity index (χ0n) is 17.9. The van der Waals surface area contributed by atoms with Crippen molar-refractivity contribution in [1.29, 1.82) is 0 Å². The summed E-state index contributed by atoms with van der Waals surface area (Å²) in [6.45, 7) is 7.83. The number of guanidine groups is 1. The quantitative estimate of drug-likeness (QED) is 0.268. The average molecular weight is 542 g/mol. The molecule has 1 aliphatic rings. The molecule has 2 atom stereocenters. The summed E-state index contributed by atoms with van der Waals surface area (Å²) in [5, 5.41) is 14.2. The Bertz CT molecular complexity index is 823. The van der Waals surface area contributed by atoms with Gasteiger partial charge in [0, 0.05) is 38.2 Å². The maximum atomic E-state index is 12.0. The molecule has 0 bridgehead atoms. The lowest BCUT2D eigenvalue weighted by atomic mass is 9.90. The van der Waals surface area contributed by atoms with Gasteiger partial charge >= 0.3 is 0 Å². The molecule has 0 fully saturated rings. The van der Waals surface area contributed by atoms with Crippen LogP contribution < -0.4 is 16.0 Å². The Labute approximate surface area is 200 Å². The van der Waals surface area contributed by atoms with Crippen LogP contribution in [-0.4, -0.2) is 50.0 Å². The number of hydrogen-bond donors (Lipinski definition) is 3. The molecule has 1 aromatic heterocycles. The average Bonchev–Trinajstić information content (AvgIpc) is 3.27. The molecular formula is C22H32IN5OS. The number of likely N-dealkylation sites (N-methyl/N-ethyl adjacent to an activating group) is 1. The van der Waals surface area contributed by atoms with E-state index in [0.29, 0.717) is 19.0 Å². The Morgan fingerprint density at radius 1 is 1.27 bits per heavy atom. The van der Waals surface area contributed by atoms with Crippen LogP contribution in [0.5, 0.6) is 0 Å². The lowest BCUT2D eigenvalue weighted by molar-refractivity contribution is -0.116. The topological polar surface area (TPSA) is 68.8 Å². The molecule has 0 radical (unpaired) electrons. The highest BCUT2D eigenvalue weighted by molar-refractivity contribution is 14.0. The van der Waals surface area contributed by atoms with E-state index in [9.17, 15) is 4.79 Å². The van der Waals surface area contributed by atoms with Crippen molar-refractivity contribution >= 4 is 52.9 Å². The van der Waals surface area contributed by atoms with Gasteiger partial charge in [-0.25, -0.2) is 0 Å². The summed E-state index contributed by atoms with van der Waals surface area (Å²) in [4.78, 5) is 18.9. The molecule has 30 heavy (non-hydrogen) atoms. The number of para-hydroxylation sites is 1. The maximum absolute atomic E-state index is 12.0. The number of anilines is 1. The number of rotatable bonds is 8. The minimum atomic E-state index is 0. The molecule has 3 rings (SSSR count). The third kappa shape index (κ3) is 6.18. The highest BCUT2D eigenvalue weighted by atomic mass is 127. The van der Waals surface area contributed by atoms with Crippen molar-refractivity contribution in [1.82, 2.24) is 15.5 Å². The van der Waals surface area contributed by atoms with Gasteiger partial charge in [0.05, 0.1) is 6.04 Å². The zero-order chi connectivity index (χ0) is 20.6. The van der Waals surface area contributed by atoms with Crippen LogP contribution >= 0.6 is 35.3 Å². The highest BCUT2D eigenvalue weighted by Crippen LogP contribution is 2.31. The lowest BCUT2D eigenvalue weighted by Crippen LogP contribution is -2.44. The van der Waals surface area contributed by atoms with E-state index in [1.165, 1.54) is 11.1 Å². The summed E-state index contributed by atoms with van der Waals surface area (Å²) >= 11 is 1.73. The Kier molecular flexibility index (Phi) is 10.1. The Morgan fingerprint density at radius 3 is 2.70 bits per heavy atom. The normalized spacial score (nSPS) is 17.0. The monoisotopic (exact) mass is 541 g/mol. The first kappa shape index (κ1) is 24.6. The molecule has 1 aromatic carbocycles. The summed E-state index contributed by atoms with van der Waals surface area (Å²) in [6.07, 6.45) is 0.484. The Hall–Kier alpha value is -1.65. The van der Waals surface area contributed by atoms with Gasteiger partial charge in [0.15, 0.2) is 5.96 Å². The van der Waals surface area contributed by atoms with Crippen molar-refractivity contribution in [3.8, 4) is 0 Å². The van der Waals surface area contributed by atoms with Crippen LogP contribution in [0.4, 0.5) is 5.69 Å². The summed E-state index contributed by atoms with van der Waals surface area (Å²) in [5.74, 6) is 0.965. The molecule has 0 aliphatic carbocycles. The van der Waals surface area contributed by atoms with E-state index >= 15 is 0 Å². The fourth-order valence-corrected chi connectivity index (χ4v) is 4.61. The summed E-state index contributed by atoms with van der Waals surface area (Å²) in [5.41, 5.74) is 3.42. The fourth-order valence-electron chi connectivity index (χ4n) is 3.90. The minimum Gasteiger partial charge on any atom is -0.356 e. The van der Waals surface area contributed by atoms with Crippen molar-refractivity contribution in [3.63, 3.8) is 0 Å². The second kappa shape index (κ2) is 12.3. The van der Waals surface area contributed by atoms with Crippen LogP contribution in [0.2, 0.25) is 0 Å². The number of halogens is 1. The second-order valence-corrected chi connectivity index (χ2v) is 7.94. The number of nitrogens with one attached hydrogen (secondary N) is 3. The Balaban J connectivity index is 0.00000320. The summed E-state index contributed by atoms with van der Waals surface area (Å²) in [6, 6.07) is 10.5. The van der Waals surface area contributed by atoms with E-state index in [1.807, 2.05) is 18.2 Å². The number of aliphatic imine (C=N–C) groups is 1. The van der Waals surface area contributed by atoms with E-state index in [2.05, 4.69) is 62.6 Å². The Morgan fingerprint density at radius 2 is 2.03 bits per heavy atom. The molecule has 6 nitrogen and oxygen atoms in total. The number of carbonyl (C=O) groups excluding carboxylic acids is 1.